The average molecular weight is 330 g/mol. The molecule has 0 spiro atoms. The molecule has 1 atom stereocenters. The molecule has 1 saturated carbocycles. The number of carbonyl (C=O) groups is 1. The highest BCUT2D eigenvalue weighted by Gasteiger charge is 2.40. The summed E-state index contributed by atoms with van der Waals surface area (Å²) in [7, 11) is 1.92. The Bertz CT molecular complexity index is 441. The third-order valence-corrected chi connectivity index (χ3v) is 5.53. The van der Waals surface area contributed by atoms with Gasteiger partial charge < -0.3 is 4.90 Å². The number of hydrogen-bond acceptors (Lipinski definition) is 2. The topological polar surface area (TPSA) is 20.3 Å². The van der Waals surface area contributed by atoms with Crippen LogP contribution < -0.4 is 0 Å². The Kier molecular flexibility index (Phi) is 4.17. The van der Waals surface area contributed by atoms with E-state index in [0.29, 0.717) is 12.5 Å². The van der Waals surface area contributed by atoms with Gasteiger partial charge in [-0.1, -0.05) is 20.3 Å². The smallest absolute Gasteiger partial charge is 0.226 e. The fourth-order valence-electron chi connectivity index (χ4n) is 2.83. The summed E-state index contributed by atoms with van der Waals surface area (Å²) in [6.45, 7) is 5.16. The monoisotopic (exact) mass is 329 g/mol. The second-order valence-corrected chi connectivity index (χ2v) is 8.18. The lowest BCUT2D eigenvalue weighted by Crippen LogP contribution is -2.37. The molecule has 4 heteroatoms. The molecule has 1 unspecified atom stereocenters. The Morgan fingerprint density at radius 1 is 1.61 bits per heavy atom. The molecule has 0 bridgehead atoms. The van der Waals surface area contributed by atoms with Crippen LogP contribution in [0.2, 0.25) is 0 Å². The molecule has 0 radical (unpaired) electrons. The number of amides is 1. The predicted octanol–water partition coefficient (Wildman–Crippen LogP) is 4.30. The van der Waals surface area contributed by atoms with Gasteiger partial charge in [-0.15, -0.1) is 11.3 Å². The van der Waals surface area contributed by atoms with Crippen LogP contribution in [0.1, 0.15) is 38.7 Å². The van der Waals surface area contributed by atoms with E-state index in [1.165, 1.54) is 18.4 Å². The first-order chi connectivity index (χ1) is 8.40. The molecule has 1 fully saturated rings. The molecule has 1 heterocycles. The van der Waals surface area contributed by atoms with Crippen molar-refractivity contribution >= 4 is 33.2 Å². The summed E-state index contributed by atoms with van der Waals surface area (Å²) in [6, 6.07) is 2.09. The molecule has 1 aliphatic carbocycles. The van der Waals surface area contributed by atoms with E-state index in [-0.39, 0.29) is 11.3 Å². The van der Waals surface area contributed by atoms with Crippen molar-refractivity contribution in [3.8, 4) is 0 Å². The lowest BCUT2D eigenvalue weighted by atomic mass is 9.81. The number of nitrogens with zero attached hydrogens (tertiary/aromatic N) is 1. The van der Waals surface area contributed by atoms with Crippen molar-refractivity contribution in [1.29, 1.82) is 0 Å². The van der Waals surface area contributed by atoms with Gasteiger partial charge in [0.25, 0.3) is 0 Å². The van der Waals surface area contributed by atoms with E-state index in [1.54, 1.807) is 11.3 Å². The Balaban J connectivity index is 2.01. The zero-order valence-electron chi connectivity index (χ0n) is 11.2. The van der Waals surface area contributed by atoms with Gasteiger partial charge in [0.2, 0.25) is 5.91 Å². The number of thiophene rings is 1. The Labute approximate surface area is 122 Å². The molecule has 100 valence electrons. The second kappa shape index (κ2) is 5.33. The minimum atomic E-state index is 0.167. The quantitative estimate of drug-likeness (QED) is 0.809. The average Bonchev–Trinajstić information content (AvgIpc) is 2.83. The summed E-state index contributed by atoms with van der Waals surface area (Å²) >= 11 is 5.13. The highest BCUT2D eigenvalue weighted by atomic mass is 79.9. The fourth-order valence-corrected chi connectivity index (χ4v) is 4.03. The minimum Gasteiger partial charge on any atom is -0.341 e. The fraction of sp³-hybridized carbons (Fsp3) is 0.643. The van der Waals surface area contributed by atoms with Gasteiger partial charge in [-0.25, -0.2) is 0 Å². The van der Waals surface area contributed by atoms with Crippen LogP contribution in [0, 0.1) is 11.3 Å². The molecule has 0 aliphatic heterocycles. The van der Waals surface area contributed by atoms with Gasteiger partial charge in [0.1, 0.15) is 0 Å². The zero-order valence-corrected chi connectivity index (χ0v) is 13.6. The third kappa shape index (κ3) is 2.97. The van der Waals surface area contributed by atoms with Gasteiger partial charge in [-0.05, 0) is 51.2 Å². The Morgan fingerprint density at radius 2 is 2.33 bits per heavy atom. The van der Waals surface area contributed by atoms with Crippen LogP contribution >= 0.6 is 27.3 Å². The largest absolute Gasteiger partial charge is 0.341 e. The van der Waals surface area contributed by atoms with E-state index in [4.69, 9.17) is 0 Å². The molecule has 1 aromatic heterocycles. The van der Waals surface area contributed by atoms with Crippen molar-refractivity contribution in [2.75, 3.05) is 7.05 Å². The molecule has 2 rings (SSSR count). The standard InChI is InChI=1S/C14H20BrNOS/c1-14(2)6-4-5-11(14)13(17)16(3)8-10-7-12(15)18-9-10/h7,9,11H,4-6,8H2,1-3H3. The van der Waals surface area contributed by atoms with Crippen molar-refractivity contribution in [2.45, 2.75) is 39.7 Å². The maximum atomic E-state index is 12.5. The predicted molar refractivity (Wildman–Crippen MR) is 79.6 cm³/mol. The summed E-state index contributed by atoms with van der Waals surface area (Å²) in [5.74, 6) is 0.504. The molecule has 0 aromatic carbocycles. The first-order valence-corrected chi connectivity index (χ1v) is 8.05. The van der Waals surface area contributed by atoms with E-state index in [2.05, 4.69) is 41.2 Å². The molecular weight excluding hydrogens is 310 g/mol. The maximum absolute atomic E-state index is 12.5. The van der Waals surface area contributed by atoms with E-state index in [0.717, 1.165) is 10.2 Å². The number of hydrogen-bond donors (Lipinski definition) is 0. The maximum Gasteiger partial charge on any atom is 0.226 e. The zero-order chi connectivity index (χ0) is 13.3. The van der Waals surface area contributed by atoms with E-state index in [1.807, 2.05) is 11.9 Å². The highest BCUT2D eigenvalue weighted by molar-refractivity contribution is 9.11. The van der Waals surface area contributed by atoms with Crippen molar-refractivity contribution < 1.29 is 4.79 Å². The number of carbonyl (C=O) groups excluding carboxylic acids is 1. The lowest BCUT2D eigenvalue weighted by molar-refractivity contribution is -0.137. The van der Waals surface area contributed by atoms with Crippen molar-refractivity contribution in [1.82, 2.24) is 4.90 Å². The first kappa shape index (κ1) is 14.1. The van der Waals surface area contributed by atoms with Crippen molar-refractivity contribution in [2.24, 2.45) is 11.3 Å². The Morgan fingerprint density at radius 3 is 2.83 bits per heavy atom. The minimum absolute atomic E-state index is 0.167. The number of halogens is 1. The van der Waals surface area contributed by atoms with Gasteiger partial charge >= 0.3 is 0 Å². The number of rotatable bonds is 3. The van der Waals surface area contributed by atoms with Gasteiger partial charge in [-0.3, -0.25) is 4.79 Å². The molecule has 0 N–H and O–H groups in total. The van der Waals surface area contributed by atoms with Crippen molar-refractivity contribution in [3.63, 3.8) is 0 Å². The lowest BCUT2D eigenvalue weighted by Gasteiger charge is -2.29. The van der Waals surface area contributed by atoms with Gasteiger partial charge in [-0.2, -0.15) is 0 Å². The highest BCUT2D eigenvalue weighted by Crippen LogP contribution is 2.43. The SMILES string of the molecule is CN(Cc1csc(Br)c1)C(=O)C1CCCC1(C)C. The van der Waals surface area contributed by atoms with Crippen LogP contribution in [-0.4, -0.2) is 17.9 Å². The molecule has 1 aliphatic rings. The Hall–Kier alpha value is -0.350. The summed E-state index contributed by atoms with van der Waals surface area (Å²) in [5, 5.41) is 2.10. The molecule has 0 saturated heterocycles. The first-order valence-electron chi connectivity index (χ1n) is 6.38. The third-order valence-electron chi connectivity index (χ3n) is 3.97. The normalized spacial score (nSPS) is 22.1. The molecular formula is C14H20BrNOS. The van der Waals surface area contributed by atoms with Gasteiger partial charge in [0.05, 0.1) is 3.79 Å². The molecule has 1 amide bonds. The summed E-state index contributed by atoms with van der Waals surface area (Å²) in [5.41, 5.74) is 1.37. The summed E-state index contributed by atoms with van der Waals surface area (Å²) in [6.07, 6.45) is 3.39. The van der Waals surface area contributed by atoms with Crippen LogP contribution in [0.4, 0.5) is 0 Å². The van der Waals surface area contributed by atoms with Gasteiger partial charge in [0, 0.05) is 19.5 Å². The van der Waals surface area contributed by atoms with E-state index in [9.17, 15) is 4.79 Å². The summed E-state index contributed by atoms with van der Waals surface area (Å²) in [4.78, 5) is 14.4. The van der Waals surface area contributed by atoms with E-state index < -0.39 is 0 Å². The van der Waals surface area contributed by atoms with Crippen LogP contribution in [0.15, 0.2) is 15.2 Å². The van der Waals surface area contributed by atoms with Crippen molar-refractivity contribution in [3.05, 3.63) is 20.8 Å². The van der Waals surface area contributed by atoms with E-state index >= 15 is 0 Å². The summed E-state index contributed by atoms with van der Waals surface area (Å²) < 4.78 is 1.12. The van der Waals surface area contributed by atoms with Crippen LogP contribution in [0.25, 0.3) is 0 Å². The van der Waals surface area contributed by atoms with Crippen LogP contribution in [-0.2, 0) is 11.3 Å². The molecule has 1 aromatic rings. The van der Waals surface area contributed by atoms with Crippen LogP contribution in [0.5, 0.6) is 0 Å². The molecule has 18 heavy (non-hydrogen) atoms. The second-order valence-electron chi connectivity index (χ2n) is 5.89. The molecule has 2 nitrogen and oxygen atoms in total. The van der Waals surface area contributed by atoms with Crippen LogP contribution in [0.3, 0.4) is 0 Å². The van der Waals surface area contributed by atoms with Gasteiger partial charge in [0.15, 0.2) is 0 Å².